The molecule has 27 heavy (non-hydrogen) atoms. The minimum atomic E-state index is 0.0218. The van der Waals surface area contributed by atoms with Crippen molar-refractivity contribution < 1.29 is 9.59 Å². The fourth-order valence-corrected chi connectivity index (χ4v) is 4.65. The van der Waals surface area contributed by atoms with Gasteiger partial charge in [-0.15, -0.1) is 0 Å². The summed E-state index contributed by atoms with van der Waals surface area (Å²) < 4.78 is 0. The maximum Gasteiger partial charge on any atom is 0.219 e. The van der Waals surface area contributed by atoms with Crippen LogP contribution in [0.1, 0.15) is 38.7 Å². The Morgan fingerprint density at radius 3 is 2.59 bits per heavy atom. The predicted molar refractivity (Wildman–Crippen MR) is 105 cm³/mol. The number of nitrogens with zero attached hydrogens (tertiary/aromatic N) is 4. The average molecular weight is 374 g/mol. The molecule has 2 amide bonds. The van der Waals surface area contributed by atoms with Crippen molar-refractivity contribution in [2.24, 2.45) is 0 Å². The number of amides is 2. The van der Waals surface area contributed by atoms with Crippen LogP contribution in [0.15, 0.2) is 18.3 Å². The normalized spacial score (nSPS) is 22.1. The summed E-state index contributed by atoms with van der Waals surface area (Å²) in [6.45, 7) is 6.43. The summed E-state index contributed by atoms with van der Waals surface area (Å²) in [4.78, 5) is 34.4. The van der Waals surface area contributed by atoms with Crippen molar-refractivity contribution in [2.45, 2.75) is 51.2 Å². The number of piperidine rings is 1. The molecule has 1 spiro atoms. The van der Waals surface area contributed by atoms with Gasteiger partial charge in [-0.05, 0) is 25.3 Å². The fraction of sp³-hybridized carbons (Fsp3) is 0.650. The molecule has 148 valence electrons. The van der Waals surface area contributed by atoms with Gasteiger partial charge in [0.15, 0.2) is 0 Å². The number of nitrogens with one attached hydrogen (secondary N) is 1. The highest BCUT2D eigenvalue weighted by Crippen LogP contribution is 2.40. The molecule has 7 heteroatoms. The first-order valence-corrected chi connectivity index (χ1v) is 9.69. The number of hydrogen-bond acceptors (Lipinski definition) is 5. The first-order valence-electron chi connectivity index (χ1n) is 9.69. The van der Waals surface area contributed by atoms with Gasteiger partial charge in [0.25, 0.3) is 0 Å². The van der Waals surface area contributed by atoms with Gasteiger partial charge in [0, 0.05) is 77.5 Å². The number of pyridine rings is 1. The summed E-state index contributed by atoms with van der Waals surface area (Å²) >= 11 is 0. The first-order chi connectivity index (χ1) is 12.8. The quantitative estimate of drug-likeness (QED) is 0.860. The van der Waals surface area contributed by atoms with Crippen LogP contribution in [-0.2, 0) is 16.1 Å². The second-order valence-corrected chi connectivity index (χ2v) is 8.09. The third-order valence-corrected chi connectivity index (χ3v) is 5.94. The van der Waals surface area contributed by atoms with Crippen LogP contribution in [-0.4, -0.2) is 71.9 Å². The van der Waals surface area contributed by atoms with Gasteiger partial charge in [0.05, 0.1) is 0 Å². The molecular weight excluding hydrogens is 342 g/mol. The molecule has 0 saturated carbocycles. The number of anilines is 1. The van der Waals surface area contributed by atoms with E-state index in [4.69, 9.17) is 0 Å². The maximum absolute atomic E-state index is 11.7. The molecule has 0 unspecified atom stereocenters. The zero-order chi connectivity index (χ0) is 19.6. The summed E-state index contributed by atoms with van der Waals surface area (Å²) in [5.74, 6) is 1.15. The lowest BCUT2D eigenvalue weighted by Gasteiger charge is -2.45. The van der Waals surface area contributed by atoms with E-state index in [1.165, 1.54) is 5.56 Å². The smallest absolute Gasteiger partial charge is 0.219 e. The van der Waals surface area contributed by atoms with Gasteiger partial charge in [0.2, 0.25) is 11.8 Å². The lowest BCUT2D eigenvalue weighted by molar-refractivity contribution is -0.131. The highest BCUT2D eigenvalue weighted by molar-refractivity contribution is 5.73. The van der Waals surface area contributed by atoms with Crippen molar-refractivity contribution >= 4 is 17.6 Å². The van der Waals surface area contributed by atoms with Crippen molar-refractivity contribution in [3.8, 4) is 0 Å². The van der Waals surface area contributed by atoms with Gasteiger partial charge in [-0.3, -0.25) is 14.5 Å². The molecule has 1 atom stereocenters. The molecule has 3 rings (SSSR count). The van der Waals surface area contributed by atoms with Crippen molar-refractivity contribution in [2.75, 3.05) is 38.6 Å². The Hall–Kier alpha value is -2.15. The number of rotatable bonds is 4. The Morgan fingerprint density at radius 2 is 2.00 bits per heavy atom. The predicted octanol–water partition coefficient (Wildman–Crippen LogP) is 1.24. The molecule has 0 aliphatic carbocycles. The molecule has 3 heterocycles. The van der Waals surface area contributed by atoms with Crippen molar-refractivity contribution in [3.63, 3.8) is 0 Å². The van der Waals surface area contributed by atoms with E-state index in [-0.39, 0.29) is 23.4 Å². The fourth-order valence-electron chi connectivity index (χ4n) is 4.65. The van der Waals surface area contributed by atoms with Crippen LogP contribution >= 0.6 is 0 Å². The van der Waals surface area contributed by atoms with Gasteiger partial charge < -0.3 is 15.1 Å². The average Bonchev–Trinajstić information content (AvgIpc) is 2.91. The third kappa shape index (κ3) is 4.24. The minimum Gasteiger partial charge on any atom is -0.362 e. The van der Waals surface area contributed by atoms with Crippen molar-refractivity contribution in [1.29, 1.82) is 0 Å². The van der Waals surface area contributed by atoms with E-state index in [2.05, 4.69) is 21.3 Å². The van der Waals surface area contributed by atoms with Crippen molar-refractivity contribution in [1.82, 2.24) is 20.1 Å². The van der Waals surface area contributed by atoms with E-state index in [1.807, 2.05) is 36.2 Å². The van der Waals surface area contributed by atoms with Gasteiger partial charge in [-0.25, -0.2) is 4.98 Å². The van der Waals surface area contributed by atoms with E-state index in [1.54, 1.807) is 13.8 Å². The third-order valence-electron chi connectivity index (χ3n) is 5.94. The molecule has 2 aliphatic rings. The monoisotopic (exact) mass is 373 g/mol. The summed E-state index contributed by atoms with van der Waals surface area (Å²) in [6, 6.07) is 4.27. The van der Waals surface area contributed by atoms with Crippen LogP contribution in [0.4, 0.5) is 5.82 Å². The topological polar surface area (TPSA) is 68.8 Å². The Bertz CT molecular complexity index is 697. The van der Waals surface area contributed by atoms with E-state index in [0.29, 0.717) is 0 Å². The molecular formula is C20H31N5O2. The van der Waals surface area contributed by atoms with Crippen molar-refractivity contribution in [3.05, 3.63) is 23.9 Å². The Labute approximate surface area is 161 Å². The molecule has 0 radical (unpaired) electrons. The molecule has 0 aromatic carbocycles. The van der Waals surface area contributed by atoms with E-state index in [9.17, 15) is 9.59 Å². The lowest BCUT2D eigenvalue weighted by Crippen LogP contribution is -2.52. The zero-order valence-electron chi connectivity index (χ0n) is 16.9. The van der Waals surface area contributed by atoms with E-state index in [0.717, 1.165) is 51.3 Å². The number of carbonyl (C=O) groups excluding carboxylic acids is 2. The molecule has 1 aromatic heterocycles. The largest absolute Gasteiger partial charge is 0.362 e. The lowest BCUT2D eigenvalue weighted by atomic mass is 9.84. The van der Waals surface area contributed by atoms with Crippen LogP contribution in [0.25, 0.3) is 0 Å². The highest BCUT2D eigenvalue weighted by atomic mass is 16.2. The maximum atomic E-state index is 11.7. The molecule has 2 saturated heterocycles. The van der Waals surface area contributed by atoms with E-state index < -0.39 is 0 Å². The summed E-state index contributed by atoms with van der Waals surface area (Å²) in [6.07, 6.45) is 4.65. The second-order valence-electron chi connectivity index (χ2n) is 8.09. The molecule has 1 aromatic rings. The van der Waals surface area contributed by atoms with Gasteiger partial charge in [-0.1, -0.05) is 6.07 Å². The van der Waals surface area contributed by atoms with Crippen LogP contribution in [0.5, 0.6) is 0 Å². The Morgan fingerprint density at radius 1 is 1.30 bits per heavy atom. The van der Waals surface area contributed by atoms with E-state index >= 15 is 0 Å². The zero-order valence-corrected chi connectivity index (χ0v) is 16.9. The molecule has 2 aliphatic heterocycles. The number of aromatic nitrogens is 1. The van der Waals surface area contributed by atoms with Crippen LogP contribution in [0.2, 0.25) is 0 Å². The van der Waals surface area contributed by atoms with Gasteiger partial charge >= 0.3 is 0 Å². The van der Waals surface area contributed by atoms with Crippen LogP contribution in [0, 0.1) is 0 Å². The minimum absolute atomic E-state index is 0.0218. The number of hydrogen-bond donors (Lipinski definition) is 1. The Balaban J connectivity index is 1.82. The summed E-state index contributed by atoms with van der Waals surface area (Å²) in [5, 5.41) is 3.11. The molecule has 0 bridgehead atoms. The second kappa shape index (κ2) is 7.84. The number of carbonyl (C=O) groups is 2. The molecule has 1 N–H and O–H groups in total. The van der Waals surface area contributed by atoms with Gasteiger partial charge in [-0.2, -0.15) is 0 Å². The van der Waals surface area contributed by atoms with Crippen LogP contribution in [0.3, 0.4) is 0 Å². The standard InChI is InChI=1S/C20H31N5O2/c1-15(26)22-18-12-20(7-10-24(11-8-20)16(2)27)25(14-18)13-17-6-5-9-21-19(17)23(3)4/h5-6,9,18H,7-8,10-14H2,1-4H3,(H,22,26)/t18-/m1/s1. The Kier molecular flexibility index (Phi) is 5.69. The summed E-state index contributed by atoms with van der Waals surface area (Å²) in [7, 11) is 4.02. The van der Waals surface area contributed by atoms with Crippen LogP contribution < -0.4 is 10.2 Å². The highest BCUT2D eigenvalue weighted by Gasteiger charge is 2.47. The SMILES string of the molecule is CC(=O)N[C@H]1CN(Cc2cccnc2N(C)C)C2(CCN(C(C)=O)CC2)C1. The molecule has 7 nitrogen and oxygen atoms in total. The summed E-state index contributed by atoms with van der Waals surface area (Å²) in [5.41, 5.74) is 1.22. The van der Waals surface area contributed by atoms with Gasteiger partial charge in [0.1, 0.15) is 5.82 Å². The number of likely N-dealkylation sites (tertiary alicyclic amines) is 2. The molecule has 2 fully saturated rings. The first kappa shape index (κ1) is 19.6.